The molecule has 2 aromatic rings. The molecule has 0 bridgehead atoms. The number of carbonyl (C=O) groups is 1. The summed E-state index contributed by atoms with van der Waals surface area (Å²) in [5.41, 5.74) is 1.29. The second kappa shape index (κ2) is 8.81. The molecule has 0 aromatic heterocycles. The van der Waals surface area contributed by atoms with Gasteiger partial charge in [0.2, 0.25) is 0 Å². The zero-order valence-corrected chi connectivity index (χ0v) is 16.4. The van der Waals surface area contributed by atoms with Crippen molar-refractivity contribution in [2.45, 2.75) is 10.9 Å². The lowest BCUT2D eigenvalue weighted by Crippen LogP contribution is -2.43. The maximum Gasteiger partial charge on any atom is 0.251 e. The highest BCUT2D eigenvalue weighted by Crippen LogP contribution is 2.22. The molecule has 0 spiro atoms. The van der Waals surface area contributed by atoms with Gasteiger partial charge in [0.1, 0.15) is 5.82 Å². The van der Waals surface area contributed by atoms with E-state index >= 15 is 0 Å². The largest absolute Gasteiger partial charge is 0.379 e. The fraction of sp³-hybridized carbons (Fsp3) is 0.350. The molecule has 28 heavy (non-hydrogen) atoms. The van der Waals surface area contributed by atoms with E-state index in [2.05, 4.69) is 10.2 Å². The molecule has 1 amide bonds. The van der Waals surface area contributed by atoms with Crippen LogP contribution in [-0.4, -0.2) is 58.3 Å². The first kappa shape index (κ1) is 20.4. The van der Waals surface area contributed by atoms with E-state index < -0.39 is 9.84 Å². The molecule has 0 unspecified atom stereocenters. The molecule has 1 saturated heterocycles. The Kier molecular flexibility index (Phi) is 6.43. The van der Waals surface area contributed by atoms with Crippen LogP contribution in [0, 0.1) is 5.82 Å². The quantitative estimate of drug-likeness (QED) is 0.795. The van der Waals surface area contributed by atoms with Crippen molar-refractivity contribution in [3.8, 4) is 0 Å². The first-order valence-electron chi connectivity index (χ1n) is 9.00. The summed E-state index contributed by atoms with van der Waals surface area (Å²) in [6.07, 6.45) is 1.12. The maximum atomic E-state index is 13.3. The molecule has 2 aromatic carbocycles. The number of morpholine rings is 1. The predicted octanol–water partition coefficient (Wildman–Crippen LogP) is 2.03. The Labute approximate surface area is 164 Å². The number of sulfone groups is 1. The number of hydrogen-bond donors (Lipinski definition) is 1. The molecule has 6 nitrogen and oxygen atoms in total. The Morgan fingerprint density at radius 1 is 1.11 bits per heavy atom. The normalized spacial score (nSPS) is 16.5. The maximum absolute atomic E-state index is 13.3. The number of ether oxygens (including phenoxy) is 1. The number of carbonyl (C=O) groups excluding carboxylic acids is 1. The van der Waals surface area contributed by atoms with E-state index in [4.69, 9.17) is 4.74 Å². The van der Waals surface area contributed by atoms with Crippen molar-refractivity contribution in [3.05, 3.63) is 65.5 Å². The standard InChI is InChI=1S/C20H23FN2O4S/c1-28(25,26)18-8-4-16(5-9-18)20(24)22-14-19(23-10-12-27-13-11-23)15-2-6-17(21)7-3-15/h2-9,19H,10-14H2,1H3,(H,22,24)/t19-/m1/s1. The van der Waals surface area contributed by atoms with Gasteiger partial charge in [-0.2, -0.15) is 0 Å². The predicted molar refractivity (Wildman–Crippen MR) is 103 cm³/mol. The van der Waals surface area contributed by atoms with Crippen molar-refractivity contribution in [1.82, 2.24) is 10.2 Å². The Morgan fingerprint density at radius 3 is 2.29 bits per heavy atom. The molecule has 3 rings (SSSR count). The lowest BCUT2D eigenvalue weighted by Gasteiger charge is -2.35. The van der Waals surface area contributed by atoms with E-state index in [1.54, 1.807) is 12.1 Å². The third-order valence-electron chi connectivity index (χ3n) is 4.74. The van der Waals surface area contributed by atoms with Crippen molar-refractivity contribution in [2.75, 3.05) is 39.1 Å². The Balaban J connectivity index is 1.72. The highest BCUT2D eigenvalue weighted by atomic mass is 32.2. The van der Waals surface area contributed by atoms with Gasteiger partial charge in [-0.05, 0) is 42.0 Å². The molecule has 1 aliphatic heterocycles. The molecule has 0 aliphatic carbocycles. The Hall–Kier alpha value is -2.29. The fourth-order valence-electron chi connectivity index (χ4n) is 3.18. The van der Waals surface area contributed by atoms with Crippen LogP contribution in [0.5, 0.6) is 0 Å². The molecule has 1 atom stereocenters. The van der Waals surface area contributed by atoms with Crippen LogP contribution >= 0.6 is 0 Å². The zero-order chi connectivity index (χ0) is 20.1. The molecule has 0 radical (unpaired) electrons. The van der Waals surface area contributed by atoms with Crippen molar-refractivity contribution >= 4 is 15.7 Å². The summed E-state index contributed by atoms with van der Waals surface area (Å²) in [5, 5.41) is 2.90. The number of nitrogens with one attached hydrogen (secondary N) is 1. The van der Waals surface area contributed by atoms with Gasteiger partial charge in [0.15, 0.2) is 9.84 Å². The smallest absolute Gasteiger partial charge is 0.251 e. The van der Waals surface area contributed by atoms with Gasteiger partial charge in [0.05, 0.1) is 24.2 Å². The third kappa shape index (κ3) is 5.15. The first-order chi connectivity index (χ1) is 13.3. The summed E-state index contributed by atoms with van der Waals surface area (Å²) in [6, 6.07) is 12.0. The number of halogens is 1. The van der Waals surface area contributed by atoms with Crippen molar-refractivity contribution in [2.24, 2.45) is 0 Å². The summed E-state index contributed by atoms with van der Waals surface area (Å²) < 4.78 is 41.8. The van der Waals surface area contributed by atoms with Gasteiger partial charge in [-0.25, -0.2) is 12.8 Å². The minimum absolute atomic E-state index is 0.108. The lowest BCUT2D eigenvalue weighted by molar-refractivity contribution is 0.0162. The fourth-order valence-corrected chi connectivity index (χ4v) is 3.81. The second-order valence-corrected chi connectivity index (χ2v) is 8.74. The van der Waals surface area contributed by atoms with Crippen molar-refractivity contribution < 1.29 is 22.3 Å². The van der Waals surface area contributed by atoms with E-state index in [0.29, 0.717) is 25.3 Å². The van der Waals surface area contributed by atoms with Crippen LogP contribution in [0.1, 0.15) is 22.0 Å². The van der Waals surface area contributed by atoms with Gasteiger partial charge in [0, 0.05) is 31.5 Å². The molecule has 150 valence electrons. The van der Waals surface area contributed by atoms with Gasteiger partial charge < -0.3 is 10.1 Å². The average molecular weight is 406 g/mol. The number of rotatable bonds is 6. The van der Waals surface area contributed by atoms with Crippen LogP contribution in [0.25, 0.3) is 0 Å². The zero-order valence-electron chi connectivity index (χ0n) is 15.6. The van der Waals surface area contributed by atoms with Gasteiger partial charge in [-0.15, -0.1) is 0 Å². The summed E-state index contributed by atoms with van der Waals surface area (Å²) in [4.78, 5) is 14.9. The van der Waals surface area contributed by atoms with E-state index in [9.17, 15) is 17.6 Å². The highest BCUT2D eigenvalue weighted by molar-refractivity contribution is 7.90. The van der Waals surface area contributed by atoms with Crippen LogP contribution in [0.2, 0.25) is 0 Å². The Bertz CT molecular complexity index is 908. The number of amides is 1. The van der Waals surface area contributed by atoms with E-state index in [0.717, 1.165) is 24.9 Å². The van der Waals surface area contributed by atoms with E-state index in [1.807, 2.05) is 0 Å². The van der Waals surface area contributed by atoms with Crippen LogP contribution in [-0.2, 0) is 14.6 Å². The lowest BCUT2D eigenvalue weighted by atomic mass is 10.0. The van der Waals surface area contributed by atoms with Gasteiger partial charge >= 0.3 is 0 Å². The molecule has 1 aliphatic rings. The first-order valence-corrected chi connectivity index (χ1v) is 10.9. The van der Waals surface area contributed by atoms with Crippen molar-refractivity contribution in [1.29, 1.82) is 0 Å². The summed E-state index contributed by atoms with van der Waals surface area (Å²) in [5.74, 6) is -0.597. The third-order valence-corrected chi connectivity index (χ3v) is 5.87. The number of nitrogens with zero attached hydrogens (tertiary/aromatic N) is 1. The van der Waals surface area contributed by atoms with Crippen LogP contribution in [0.4, 0.5) is 4.39 Å². The average Bonchev–Trinajstić information content (AvgIpc) is 2.69. The number of hydrogen-bond acceptors (Lipinski definition) is 5. The summed E-state index contributed by atoms with van der Waals surface area (Å²) in [7, 11) is -3.31. The monoisotopic (exact) mass is 406 g/mol. The Morgan fingerprint density at radius 2 is 1.71 bits per heavy atom. The molecule has 8 heteroatoms. The topological polar surface area (TPSA) is 75.7 Å². The van der Waals surface area contributed by atoms with Crippen LogP contribution in [0.15, 0.2) is 53.4 Å². The SMILES string of the molecule is CS(=O)(=O)c1ccc(C(=O)NC[C@H](c2ccc(F)cc2)N2CCOCC2)cc1. The molecule has 1 N–H and O–H groups in total. The molecule has 1 fully saturated rings. The second-order valence-electron chi connectivity index (χ2n) is 6.72. The van der Waals surface area contributed by atoms with Crippen LogP contribution in [0.3, 0.4) is 0 Å². The molecular formula is C20H23FN2O4S. The van der Waals surface area contributed by atoms with Crippen LogP contribution < -0.4 is 5.32 Å². The molecule has 1 heterocycles. The van der Waals surface area contributed by atoms with Gasteiger partial charge in [0.25, 0.3) is 5.91 Å². The minimum atomic E-state index is -3.31. The van der Waals surface area contributed by atoms with E-state index in [-0.39, 0.29) is 22.7 Å². The van der Waals surface area contributed by atoms with E-state index in [1.165, 1.54) is 36.4 Å². The number of benzene rings is 2. The minimum Gasteiger partial charge on any atom is -0.379 e. The van der Waals surface area contributed by atoms with Gasteiger partial charge in [-0.3, -0.25) is 9.69 Å². The molecule has 0 saturated carbocycles. The molecular weight excluding hydrogens is 383 g/mol. The summed E-state index contributed by atoms with van der Waals surface area (Å²) in [6.45, 7) is 3.01. The van der Waals surface area contributed by atoms with Crippen molar-refractivity contribution in [3.63, 3.8) is 0 Å². The highest BCUT2D eigenvalue weighted by Gasteiger charge is 2.23. The van der Waals surface area contributed by atoms with Gasteiger partial charge in [-0.1, -0.05) is 12.1 Å². The summed E-state index contributed by atoms with van der Waals surface area (Å²) >= 11 is 0.